The first-order valence-electron chi connectivity index (χ1n) is 6.37. The maximum absolute atomic E-state index is 12.4. The zero-order valence-corrected chi connectivity index (χ0v) is 11.3. The number of hydrogen-bond donors (Lipinski definition) is 1. The molecule has 0 radical (unpaired) electrons. The van der Waals surface area contributed by atoms with Gasteiger partial charge in [-0.3, -0.25) is 4.79 Å². The lowest BCUT2D eigenvalue weighted by atomic mass is 10.1. The quantitative estimate of drug-likeness (QED) is 0.845. The van der Waals surface area contributed by atoms with Gasteiger partial charge in [0.15, 0.2) is 5.82 Å². The van der Waals surface area contributed by atoms with E-state index in [9.17, 15) is 4.79 Å². The molecule has 0 aliphatic carbocycles. The number of aliphatic hydroxyl groups is 1. The Bertz CT molecular complexity index is 476. The zero-order valence-electron chi connectivity index (χ0n) is 11.3. The van der Waals surface area contributed by atoms with E-state index in [-0.39, 0.29) is 23.6 Å². The number of rotatable bonds is 2. The molecule has 1 N–H and O–H groups in total. The van der Waals surface area contributed by atoms with Crippen LogP contribution in [0.25, 0.3) is 0 Å². The summed E-state index contributed by atoms with van der Waals surface area (Å²) in [6.45, 7) is 7.68. The Morgan fingerprint density at radius 3 is 2.78 bits per heavy atom. The van der Waals surface area contributed by atoms with Crippen LogP contribution in [-0.4, -0.2) is 34.4 Å². The molecule has 0 bridgehead atoms. The van der Waals surface area contributed by atoms with Crippen LogP contribution in [0, 0.1) is 5.92 Å². The van der Waals surface area contributed by atoms with E-state index >= 15 is 0 Å². The van der Waals surface area contributed by atoms with Crippen LogP contribution in [0.5, 0.6) is 0 Å². The SMILES string of the molecule is CC(C)(C)n1ccnc(N2CCC(CO)C2)c1=O. The summed E-state index contributed by atoms with van der Waals surface area (Å²) in [7, 11) is 0. The molecule has 0 aromatic carbocycles. The van der Waals surface area contributed by atoms with Crippen LogP contribution >= 0.6 is 0 Å². The van der Waals surface area contributed by atoms with Gasteiger partial charge in [-0.25, -0.2) is 4.98 Å². The smallest absolute Gasteiger partial charge is 0.293 e. The van der Waals surface area contributed by atoms with Gasteiger partial charge in [-0.15, -0.1) is 0 Å². The molecule has 0 saturated carbocycles. The van der Waals surface area contributed by atoms with Gasteiger partial charge in [0.05, 0.1) is 0 Å². The molecule has 100 valence electrons. The number of anilines is 1. The summed E-state index contributed by atoms with van der Waals surface area (Å²) in [5.41, 5.74) is -0.297. The number of aliphatic hydroxyl groups excluding tert-OH is 1. The highest BCUT2D eigenvalue weighted by atomic mass is 16.3. The minimum Gasteiger partial charge on any atom is -0.396 e. The molecular weight excluding hydrogens is 230 g/mol. The molecule has 1 aliphatic heterocycles. The summed E-state index contributed by atoms with van der Waals surface area (Å²) in [4.78, 5) is 18.6. The fraction of sp³-hybridized carbons (Fsp3) is 0.692. The normalized spacial score (nSPS) is 20.4. The summed E-state index contributed by atoms with van der Waals surface area (Å²) in [5, 5.41) is 9.15. The highest BCUT2D eigenvalue weighted by molar-refractivity contribution is 5.37. The fourth-order valence-electron chi connectivity index (χ4n) is 2.32. The molecule has 1 fully saturated rings. The summed E-state index contributed by atoms with van der Waals surface area (Å²) in [6, 6.07) is 0. The van der Waals surface area contributed by atoms with E-state index in [0.29, 0.717) is 12.4 Å². The monoisotopic (exact) mass is 251 g/mol. The van der Waals surface area contributed by atoms with E-state index < -0.39 is 0 Å². The van der Waals surface area contributed by atoms with Crippen molar-refractivity contribution in [2.24, 2.45) is 5.92 Å². The standard InChI is InChI=1S/C13H21N3O2/c1-13(2,3)16-7-5-14-11(12(16)18)15-6-4-10(8-15)9-17/h5,7,10,17H,4,6,8-9H2,1-3H3. The Morgan fingerprint density at radius 1 is 1.50 bits per heavy atom. The third-order valence-electron chi connectivity index (χ3n) is 3.39. The predicted octanol–water partition coefficient (Wildman–Crippen LogP) is 0.817. The van der Waals surface area contributed by atoms with E-state index in [1.165, 1.54) is 0 Å². The lowest BCUT2D eigenvalue weighted by Gasteiger charge is -2.24. The maximum Gasteiger partial charge on any atom is 0.293 e. The molecule has 1 atom stereocenters. The van der Waals surface area contributed by atoms with Gasteiger partial charge in [0.25, 0.3) is 5.56 Å². The first-order chi connectivity index (χ1) is 8.43. The van der Waals surface area contributed by atoms with Crippen molar-refractivity contribution in [3.8, 4) is 0 Å². The molecule has 1 aromatic heterocycles. The number of hydrogen-bond acceptors (Lipinski definition) is 4. The van der Waals surface area contributed by atoms with Crippen molar-refractivity contribution in [1.29, 1.82) is 0 Å². The molecular formula is C13H21N3O2. The van der Waals surface area contributed by atoms with Crippen LogP contribution < -0.4 is 10.5 Å². The topological polar surface area (TPSA) is 58.4 Å². The number of nitrogens with zero attached hydrogens (tertiary/aromatic N) is 3. The molecule has 0 spiro atoms. The van der Waals surface area contributed by atoms with Crippen molar-refractivity contribution in [2.75, 3.05) is 24.6 Å². The average molecular weight is 251 g/mol. The van der Waals surface area contributed by atoms with Crippen molar-refractivity contribution >= 4 is 5.82 Å². The second-order valence-electron chi connectivity index (χ2n) is 5.88. The molecule has 2 heterocycles. The highest BCUT2D eigenvalue weighted by Gasteiger charge is 2.26. The summed E-state index contributed by atoms with van der Waals surface area (Å²) >= 11 is 0. The third kappa shape index (κ3) is 2.41. The van der Waals surface area contributed by atoms with Crippen LogP contribution in [0.4, 0.5) is 5.82 Å². The molecule has 5 nitrogen and oxygen atoms in total. The van der Waals surface area contributed by atoms with Gasteiger partial charge in [0, 0.05) is 43.5 Å². The molecule has 0 amide bonds. The Labute approximate surface area is 107 Å². The van der Waals surface area contributed by atoms with Gasteiger partial charge >= 0.3 is 0 Å². The van der Waals surface area contributed by atoms with E-state index in [1.807, 2.05) is 25.7 Å². The van der Waals surface area contributed by atoms with Crippen molar-refractivity contribution in [2.45, 2.75) is 32.7 Å². The average Bonchev–Trinajstić information content (AvgIpc) is 2.76. The van der Waals surface area contributed by atoms with Crippen LogP contribution in [0.2, 0.25) is 0 Å². The molecule has 2 rings (SSSR count). The molecule has 1 saturated heterocycles. The number of aromatic nitrogens is 2. The van der Waals surface area contributed by atoms with Crippen molar-refractivity contribution in [3.63, 3.8) is 0 Å². The third-order valence-corrected chi connectivity index (χ3v) is 3.39. The van der Waals surface area contributed by atoms with Gasteiger partial charge in [0.2, 0.25) is 0 Å². The Morgan fingerprint density at radius 2 is 2.22 bits per heavy atom. The second kappa shape index (κ2) is 4.72. The van der Waals surface area contributed by atoms with E-state index in [4.69, 9.17) is 5.11 Å². The van der Waals surface area contributed by atoms with Gasteiger partial charge in [-0.1, -0.05) is 0 Å². The minimum absolute atomic E-state index is 0.0522. The van der Waals surface area contributed by atoms with Crippen LogP contribution in [0.15, 0.2) is 17.2 Å². The summed E-state index contributed by atoms with van der Waals surface area (Å²) in [6.07, 6.45) is 4.32. The molecule has 5 heteroatoms. The highest BCUT2D eigenvalue weighted by Crippen LogP contribution is 2.20. The molecule has 1 aromatic rings. The molecule has 1 unspecified atom stereocenters. The molecule has 18 heavy (non-hydrogen) atoms. The van der Waals surface area contributed by atoms with Crippen molar-refractivity contribution in [3.05, 3.63) is 22.7 Å². The Balaban J connectivity index is 2.33. The van der Waals surface area contributed by atoms with Crippen LogP contribution in [0.1, 0.15) is 27.2 Å². The largest absolute Gasteiger partial charge is 0.396 e. The predicted molar refractivity (Wildman–Crippen MR) is 70.9 cm³/mol. The summed E-state index contributed by atoms with van der Waals surface area (Å²) < 4.78 is 1.71. The van der Waals surface area contributed by atoms with Gasteiger partial charge < -0.3 is 14.6 Å². The van der Waals surface area contributed by atoms with Crippen LogP contribution in [-0.2, 0) is 5.54 Å². The first kappa shape index (κ1) is 13.1. The maximum atomic E-state index is 12.4. The minimum atomic E-state index is -0.245. The van der Waals surface area contributed by atoms with Gasteiger partial charge in [0.1, 0.15) is 0 Å². The van der Waals surface area contributed by atoms with E-state index in [0.717, 1.165) is 13.0 Å². The van der Waals surface area contributed by atoms with Crippen LogP contribution in [0.3, 0.4) is 0 Å². The fourth-order valence-corrected chi connectivity index (χ4v) is 2.32. The van der Waals surface area contributed by atoms with Gasteiger partial charge in [-0.05, 0) is 27.2 Å². The lowest BCUT2D eigenvalue weighted by Crippen LogP contribution is -2.38. The van der Waals surface area contributed by atoms with Crippen molar-refractivity contribution in [1.82, 2.24) is 9.55 Å². The van der Waals surface area contributed by atoms with Gasteiger partial charge in [-0.2, -0.15) is 0 Å². The molecule has 1 aliphatic rings. The summed E-state index contributed by atoms with van der Waals surface area (Å²) in [5.74, 6) is 0.762. The Kier molecular flexibility index (Phi) is 3.43. The lowest BCUT2D eigenvalue weighted by molar-refractivity contribution is 0.238. The van der Waals surface area contributed by atoms with E-state index in [2.05, 4.69) is 4.98 Å². The Hall–Kier alpha value is -1.36. The second-order valence-corrected chi connectivity index (χ2v) is 5.88. The zero-order chi connectivity index (χ0) is 13.3. The van der Waals surface area contributed by atoms with E-state index in [1.54, 1.807) is 17.0 Å². The van der Waals surface area contributed by atoms with Crippen molar-refractivity contribution < 1.29 is 5.11 Å². The first-order valence-corrected chi connectivity index (χ1v) is 6.37.